The van der Waals surface area contributed by atoms with Crippen LogP contribution < -0.4 is 17.7 Å². The summed E-state index contributed by atoms with van der Waals surface area (Å²) in [5, 5.41) is 2.00. The third kappa shape index (κ3) is 2.09. The van der Waals surface area contributed by atoms with E-state index in [0.717, 1.165) is 13.0 Å². The molecule has 0 amide bonds. The monoisotopic (exact) mass is 125 g/mol. The number of hydrogen-bond acceptors (Lipinski definition) is 0. The quantitative estimate of drug-likeness (QED) is 0.343. The Labute approximate surface area is 48.7 Å². The Kier molecular flexibility index (Phi) is 3.30. The summed E-state index contributed by atoms with van der Waals surface area (Å²) in [6, 6.07) is 0. The Morgan fingerprint density at radius 2 is 2.29 bits per heavy atom. The van der Waals surface area contributed by atoms with Gasteiger partial charge < -0.3 is 17.7 Å². The van der Waals surface area contributed by atoms with Gasteiger partial charge in [-0.25, -0.2) is 4.39 Å². The van der Waals surface area contributed by atoms with Crippen molar-refractivity contribution in [3.63, 3.8) is 0 Å². The van der Waals surface area contributed by atoms with Crippen LogP contribution in [-0.2, 0) is 0 Å². The molecule has 1 aliphatic heterocycles. The van der Waals surface area contributed by atoms with Crippen molar-refractivity contribution in [3.05, 3.63) is 0 Å². The summed E-state index contributed by atoms with van der Waals surface area (Å²) in [5.74, 6) is 0. The summed E-state index contributed by atoms with van der Waals surface area (Å²) < 4.78 is 11.9. The number of rotatable bonds is 0. The van der Waals surface area contributed by atoms with Crippen molar-refractivity contribution >= 4 is 0 Å². The standard InChI is InChI=1S/C4H8FN.ClH/c5-4-1-2-6-3-4;/h4,6H,1-3H2;1H/t4-;/m1./s1. The zero-order valence-corrected chi connectivity index (χ0v) is 4.79. The van der Waals surface area contributed by atoms with Crippen LogP contribution in [0, 0.1) is 0 Å². The molecule has 1 heterocycles. The van der Waals surface area contributed by atoms with Crippen LogP contribution in [0.15, 0.2) is 0 Å². The minimum absolute atomic E-state index is 0. The second kappa shape index (κ2) is 3.22. The van der Waals surface area contributed by atoms with Gasteiger partial charge >= 0.3 is 0 Å². The van der Waals surface area contributed by atoms with Crippen LogP contribution in [0.5, 0.6) is 0 Å². The third-order valence-electron chi connectivity index (χ3n) is 1.11. The molecule has 0 bridgehead atoms. The molecule has 0 unspecified atom stereocenters. The molecule has 1 aliphatic rings. The molecule has 7 heavy (non-hydrogen) atoms. The van der Waals surface area contributed by atoms with Crippen molar-refractivity contribution in [2.75, 3.05) is 13.1 Å². The Morgan fingerprint density at radius 3 is 2.43 bits per heavy atom. The summed E-state index contributed by atoms with van der Waals surface area (Å²) >= 11 is 0. The first-order valence-corrected chi connectivity index (χ1v) is 2.35. The van der Waals surface area contributed by atoms with Crippen molar-refractivity contribution in [3.8, 4) is 0 Å². The predicted molar refractivity (Wildman–Crippen MR) is 21.2 cm³/mol. The van der Waals surface area contributed by atoms with Gasteiger partial charge in [-0.3, -0.25) is 0 Å². The Hall–Kier alpha value is 0.180. The molecule has 3 heteroatoms. The molecule has 0 saturated carbocycles. The van der Waals surface area contributed by atoms with Gasteiger partial charge in [-0.05, 0) is 0 Å². The van der Waals surface area contributed by atoms with Crippen LogP contribution in [0.3, 0.4) is 0 Å². The summed E-state index contributed by atoms with van der Waals surface area (Å²) in [6.07, 6.45) is 0.255. The highest BCUT2D eigenvalue weighted by molar-refractivity contribution is 4.54. The van der Waals surface area contributed by atoms with Gasteiger partial charge in [0.25, 0.3) is 0 Å². The van der Waals surface area contributed by atoms with Gasteiger partial charge in [0.1, 0.15) is 6.54 Å². The van der Waals surface area contributed by atoms with Gasteiger partial charge in [-0.1, -0.05) is 0 Å². The summed E-state index contributed by atoms with van der Waals surface area (Å²) in [4.78, 5) is 0. The zero-order valence-electron chi connectivity index (χ0n) is 4.03. The normalized spacial score (nSPS) is 29.6. The number of nitrogens with two attached hydrogens (primary N) is 1. The van der Waals surface area contributed by atoms with E-state index in [1.165, 1.54) is 0 Å². The second-order valence-corrected chi connectivity index (χ2v) is 1.70. The maximum Gasteiger partial charge on any atom is 0.154 e. The van der Waals surface area contributed by atoms with E-state index < -0.39 is 6.17 Å². The lowest BCUT2D eigenvalue weighted by Crippen LogP contribution is -3.00. The maximum atomic E-state index is 11.9. The van der Waals surface area contributed by atoms with Gasteiger partial charge in [-0.2, -0.15) is 0 Å². The molecule has 0 aromatic heterocycles. The molecule has 2 N–H and O–H groups in total. The fourth-order valence-corrected chi connectivity index (χ4v) is 0.715. The number of quaternary nitrogens is 1. The average molecular weight is 126 g/mol. The van der Waals surface area contributed by atoms with E-state index in [4.69, 9.17) is 0 Å². The van der Waals surface area contributed by atoms with E-state index >= 15 is 0 Å². The highest BCUT2D eigenvalue weighted by atomic mass is 35.5. The predicted octanol–water partition coefficient (Wildman–Crippen LogP) is -3.70. The maximum absolute atomic E-state index is 11.9. The molecule has 44 valence electrons. The van der Waals surface area contributed by atoms with E-state index in [2.05, 4.69) is 0 Å². The summed E-state index contributed by atoms with van der Waals surface area (Å²) in [5.41, 5.74) is 0. The fraction of sp³-hybridized carbons (Fsp3) is 1.00. The lowest BCUT2D eigenvalue weighted by Gasteiger charge is -1.82. The minimum Gasteiger partial charge on any atom is -1.00 e. The molecule has 1 rings (SSSR count). The van der Waals surface area contributed by atoms with Crippen molar-refractivity contribution in [1.29, 1.82) is 0 Å². The Morgan fingerprint density at radius 1 is 1.57 bits per heavy atom. The van der Waals surface area contributed by atoms with Gasteiger partial charge in [0, 0.05) is 6.42 Å². The van der Waals surface area contributed by atoms with Gasteiger partial charge in [0.15, 0.2) is 6.17 Å². The Balaban J connectivity index is 0.000000360. The highest BCUT2D eigenvalue weighted by Crippen LogP contribution is 1.93. The molecule has 0 aromatic carbocycles. The third-order valence-corrected chi connectivity index (χ3v) is 1.11. The first kappa shape index (κ1) is 7.18. The molecular weight excluding hydrogens is 117 g/mol. The second-order valence-electron chi connectivity index (χ2n) is 1.70. The van der Waals surface area contributed by atoms with Gasteiger partial charge in [-0.15, -0.1) is 0 Å². The lowest BCUT2D eigenvalue weighted by molar-refractivity contribution is -0.637. The zero-order chi connectivity index (χ0) is 4.41. The van der Waals surface area contributed by atoms with Crippen LogP contribution in [-0.4, -0.2) is 19.3 Å². The van der Waals surface area contributed by atoms with Gasteiger partial charge in [0.2, 0.25) is 0 Å². The van der Waals surface area contributed by atoms with Crippen molar-refractivity contribution in [1.82, 2.24) is 0 Å². The van der Waals surface area contributed by atoms with E-state index in [1.54, 1.807) is 0 Å². The van der Waals surface area contributed by atoms with Crippen molar-refractivity contribution in [2.24, 2.45) is 0 Å². The number of hydrogen-bond donors (Lipinski definition) is 1. The molecule has 0 spiro atoms. The minimum atomic E-state index is -0.509. The highest BCUT2D eigenvalue weighted by Gasteiger charge is 2.14. The van der Waals surface area contributed by atoms with E-state index in [1.807, 2.05) is 5.32 Å². The molecule has 1 atom stereocenters. The average Bonchev–Trinajstić information content (AvgIpc) is 1.86. The van der Waals surface area contributed by atoms with Crippen LogP contribution >= 0.6 is 0 Å². The summed E-state index contributed by atoms with van der Waals surface area (Å²) in [7, 11) is 0. The molecule has 1 nitrogen and oxygen atoms in total. The lowest BCUT2D eigenvalue weighted by atomic mass is 10.4. The molecule has 0 radical (unpaired) electrons. The topological polar surface area (TPSA) is 16.6 Å². The molecule has 0 aromatic rings. The van der Waals surface area contributed by atoms with E-state index in [-0.39, 0.29) is 12.4 Å². The largest absolute Gasteiger partial charge is 1.00 e. The molecule has 1 fully saturated rings. The van der Waals surface area contributed by atoms with E-state index in [9.17, 15) is 4.39 Å². The first-order chi connectivity index (χ1) is 2.89. The smallest absolute Gasteiger partial charge is 0.154 e. The Bertz CT molecular complexity index is 45.0. The van der Waals surface area contributed by atoms with Crippen LogP contribution in [0.1, 0.15) is 6.42 Å². The molecule has 1 saturated heterocycles. The first-order valence-electron chi connectivity index (χ1n) is 2.35. The molecular formula is C4H9ClFN. The van der Waals surface area contributed by atoms with Crippen molar-refractivity contribution in [2.45, 2.75) is 12.6 Å². The molecule has 0 aliphatic carbocycles. The van der Waals surface area contributed by atoms with Crippen LogP contribution in [0.2, 0.25) is 0 Å². The SMILES string of the molecule is F[C@@H]1CC[NH2+]C1.[Cl-]. The fourth-order valence-electron chi connectivity index (χ4n) is 0.715. The van der Waals surface area contributed by atoms with Crippen LogP contribution in [0.25, 0.3) is 0 Å². The van der Waals surface area contributed by atoms with Gasteiger partial charge in [0.05, 0.1) is 6.54 Å². The van der Waals surface area contributed by atoms with E-state index in [0.29, 0.717) is 6.54 Å². The van der Waals surface area contributed by atoms with Crippen molar-refractivity contribution < 1.29 is 22.1 Å². The summed E-state index contributed by atoms with van der Waals surface area (Å²) in [6.45, 7) is 1.68. The van der Waals surface area contributed by atoms with Crippen LogP contribution in [0.4, 0.5) is 4.39 Å². The number of alkyl halides is 1. The number of halogens is 2.